The van der Waals surface area contributed by atoms with Crippen molar-refractivity contribution in [2.45, 2.75) is 91.1 Å². The highest BCUT2D eigenvalue weighted by Crippen LogP contribution is 2.64. The van der Waals surface area contributed by atoms with Gasteiger partial charge < -0.3 is 10.2 Å². The largest absolute Gasteiger partial charge is 0.349 e. The molecule has 0 aromatic carbocycles. The number of fused-ring (bicyclic) bond motifs is 5. The molecule has 4 aliphatic rings. The Hall–Kier alpha value is -1.32. The Morgan fingerprint density at radius 1 is 1.14 bits per heavy atom. The van der Waals surface area contributed by atoms with Crippen LogP contribution in [0.5, 0.6) is 0 Å². The minimum Gasteiger partial charge on any atom is -0.349 e. The first-order valence-electron chi connectivity index (χ1n) is 11.4. The summed E-state index contributed by atoms with van der Waals surface area (Å²) in [6, 6.07) is 0.431. The molecule has 4 rings (SSSR count). The fourth-order valence-corrected chi connectivity index (χ4v) is 7.75. The number of hydrogen-bond donors (Lipinski definition) is 1. The summed E-state index contributed by atoms with van der Waals surface area (Å²) in [5.74, 6) is 2.19. The number of carbonyl (C=O) groups excluding carboxylic acids is 2. The Labute approximate surface area is 170 Å². The van der Waals surface area contributed by atoms with E-state index in [2.05, 4.69) is 19.2 Å². The van der Waals surface area contributed by atoms with Crippen molar-refractivity contribution in [3.8, 4) is 0 Å². The molecular weight excluding hydrogens is 348 g/mol. The van der Waals surface area contributed by atoms with Crippen LogP contribution in [0.25, 0.3) is 0 Å². The maximum Gasteiger partial charge on any atom is 0.244 e. The fourth-order valence-electron chi connectivity index (χ4n) is 7.75. The van der Waals surface area contributed by atoms with E-state index >= 15 is 0 Å². The monoisotopic (exact) mass is 386 g/mol. The molecule has 0 aromatic rings. The van der Waals surface area contributed by atoms with Crippen LogP contribution >= 0.6 is 0 Å². The van der Waals surface area contributed by atoms with Gasteiger partial charge in [-0.05, 0) is 81.0 Å². The van der Waals surface area contributed by atoms with Gasteiger partial charge in [-0.1, -0.05) is 25.8 Å². The van der Waals surface area contributed by atoms with Crippen molar-refractivity contribution in [2.24, 2.45) is 28.6 Å². The third kappa shape index (κ3) is 3.02. The quantitative estimate of drug-likeness (QED) is 0.719. The molecule has 3 aliphatic carbocycles. The zero-order valence-corrected chi connectivity index (χ0v) is 18.4. The fraction of sp³-hybridized carbons (Fsp3) is 0.833. The Morgan fingerprint density at radius 2 is 1.89 bits per heavy atom. The molecule has 0 radical (unpaired) electrons. The number of nitrogens with zero attached hydrogens (tertiary/aromatic N) is 1. The first kappa shape index (κ1) is 20.0. The summed E-state index contributed by atoms with van der Waals surface area (Å²) in [7, 11) is 1.99. The second-order valence-electron chi connectivity index (χ2n) is 11.0. The van der Waals surface area contributed by atoms with Gasteiger partial charge in [-0.2, -0.15) is 0 Å². The number of amides is 2. The van der Waals surface area contributed by atoms with E-state index in [1.807, 2.05) is 25.8 Å². The molecule has 0 bridgehead atoms. The molecule has 1 saturated heterocycles. The van der Waals surface area contributed by atoms with Crippen LogP contribution in [0.3, 0.4) is 0 Å². The van der Waals surface area contributed by atoms with E-state index in [1.165, 1.54) is 32.1 Å². The van der Waals surface area contributed by atoms with Crippen molar-refractivity contribution in [3.63, 3.8) is 0 Å². The average Bonchev–Trinajstić information content (AvgIpc) is 3.01. The molecule has 156 valence electrons. The highest BCUT2D eigenvalue weighted by Gasteiger charge is 2.62. The molecule has 0 spiro atoms. The summed E-state index contributed by atoms with van der Waals surface area (Å²) in [5, 5.41) is 3.41. The summed E-state index contributed by atoms with van der Waals surface area (Å²) in [4.78, 5) is 27.2. The lowest BCUT2D eigenvalue weighted by Crippen LogP contribution is -2.67. The molecule has 4 heteroatoms. The molecule has 0 aromatic heterocycles. The van der Waals surface area contributed by atoms with Crippen LogP contribution in [0.2, 0.25) is 0 Å². The van der Waals surface area contributed by atoms with Gasteiger partial charge in [-0.25, -0.2) is 0 Å². The summed E-state index contributed by atoms with van der Waals surface area (Å²) in [6.07, 6.45) is 10.9. The summed E-state index contributed by atoms with van der Waals surface area (Å²) >= 11 is 0. The van der Waals surface area contributed by atoms with Crippen LogP contribution in [0.4, 0.5) is 0 Å². The predicted octanol–water partition coefficient (Wildman–Crippen LogP) is 4.30. The predicted molar refractivity (Wildman–Crippen MR) is 112 cm³/mol. The van der Waals surface area contributed by atoms with Crippen LogP contribution in [-0.4, -0.2) is 35.8 Å². The van der Waals surface area contributed by atoms with Crippen LogP contribution < -0.4 is 5.32 Å². The molecular formula is C24H38N2O2. The van der Waals surface area contributed by atoms with E-state index in [9.17, 15) is 9.59 Å². The van der Waals surface area contributed by atoms with Crippen LogP contribution in [0.15, 0.2) is 11.6 Å². The van der Waals surface area contributed by atoms with Gasteiger partial charge in [0.25, 0.3) is 0 Å². The molecule has 4 fully saturated rings. The highest BCUT2D eigenvalue weighted by molar-refractivity contribution is 5.88. The highest BCUT2D eigenvalue weighted by atomic mass is 16.2. The number of piperidine rings is 1. The Bertz CT molecular complexity index is 697. The summed E-state index contributed by atoms with van der Waals surface area (Å²) in [5.41, 5.74) is 1.67. The Kier molecular flexibility index (Phi) is 4.91. The van der Waals surface area contributed by atoms with Gasteiger partial charge in [0.2, 0.25) is 11.8 Å². The summed E-state index contributed by atoms with van der Waals surface area (Å²) < 4.78 is 0. The van der Waals surface area contributed by atoms with Gasteiger partial charge in [-0.15, -0.1) is 0 Å². The van der Waals surface area contributed by atoms with Crippen molar-refractivity contribution in [2.75, 3.05) is 7.05 Å². The van der Waals surface area contributed by atoms with Gasteiger partial charge in [0.15, 0.2) is 0 Å². The Morgan fingerprint density at radius 3 is 2.61 bits per heavy atom. The van der Waals surface area contributed by atoms with Crippen molar-refractivity contribution in [1.82, 2.24) is 10.2 Å². The van der Waals surface area contributed by atoms with Gasteiger partial charge >= 0.3 is 0 Å². The summed E-state index contributed by atoms with van der Waals surface area (Å²) in [6.45, 7) is 8.90. The lowest BCUT2D eigenvalue weighted by Gasteiger charge is -2.63. The topological polar surface area (TPSA) is 49.4 Å². The molecule has 2 amide bonds. The normalized spacial score (nSPS) is 45.0. The second-order valence-corrected chi connectivity index (χ2v) is 11.0. The molecule has 28 heavy (non-hydrogen) atoms. The SMILES string of the molecule is CC(C)=CC(=O)NC1CC2N(C)C(=O)CC[C@]2(C)[C@@H]2CC[C@]3(C)CCC[C@H]3[C@H]12. The standard InChI is InChI=1S/C24H38N2O2/c1-15(2)13-20(27)25-18-14-19-24(4,12-9-21(28)26(19)5)17-8-11-23(3)10-6-7-16(23)22(17)18/h13,16-19,22H,6-12,14H2,1-5H3,(H,25,27)/t16-,17+,18?,19?,22-,23-,24+/m0/s1. The lowest BCUT2D eigenvalue weighted by molar-refractivity contribution is -0.161. The van der Waals surface area contributed by atoms with Crippen molar-refractivity contribution >= 4 is 11.8 Å². The molecule has 1 N–H and O–H groups in total. The number of allylic oxidation sites excluding steroid dienone is 1. The minimum atomic E-state index is 0.0439. The number of nitrogens with one attached hydrogen (secondary N) is 1. The van der Waals surface area contributed by atoms with Gasteiger partial charge in [0.05, 0.1) is 0 Å². The van der Waals surface area contributed by atoms with E-state index in [1.54, 1.807) is 6.08 Å². The smallest absolute Gasteiger partial charge is 0.244 e. The van der Waals surface area contributed by atoms with Crippen molar-refractivity contribution in [3.05, 3.63) is 11.6 Å². The van der Waals surface area contributed by atoms with E-state index < -0.39 is 0 Å². The van der Waals surface area contributed by atoms with Gasteiger partial charge in [-0.3, -0.25) is 9.59 Å². The number of rotatable bonds is 2. The molecule has 7 atom stereocenters. The first-order valence-corrected chi connectivity index (χ1v) is 11.4. The minimum absolute atomic E-state index is 0.0439. The molecule has 2 unspecified atom stereocenters. The van der Waals surface area contributed by atoms with E-state index in [4.69, 9.17) is 0 Å². The zero-order chi connectivity index (χ0) is 20.3. The number of hydrogen-bond acceptors (Lipinski definition) is 2. The van der Waals surface area contributed by atoms with Gasteiger partial charge in [0, 0.05) is 31.6 Å². The zero-order valence-electron chi connectivity index (χ0n) is 18.4. The van der Waals surface area contributed by atoms with E-state index in [-0.39, 0.29) is 29.3 Å². The number of carbonyl (C=O) groups is 2. The van der Waals surface area contributed by atoms with Crippen LogP contribution in [0, 0.1) is 28.6 Å². The maximum absolute atomic E-state index is 12.7. The lowest BCUT2D eigenvalue weighted by atomic mass is 9.46. The Balaban J connectivity index is 1.70. The third-order valence-corrected chi connectivity index (χ3v) is 9.15. The van der Waals surface area contributed by atoms with Gasteiger partial charge in [0.1, 0.15) is 0 Å². The van der Waals surface area contributed by atoms with E-state index in [0.29, 0.717) is 29.6 Å². The van der Waals surface area contributed by atoms with Crippen LogP contribution in [0.1, 0.15) is 79.1 Å². The van der Waals surface area contributed by atoms with E-state index in [0.717, 1.165) is 18.4 Å². The third-order valence-electron chi connectivity index (χ3n) is 9.15. The van der Waals surface area contributed by atoms with Crippen molar-refractivity contribution in [1.29, 1.82) is 0 Å². The molecule has 1 heterocycles. The molecule has 3 saturated carbocycles. The number of likely N-dealkylation sites (tertiary alicyclic amines) is 1. The first-order chi connectivity index (χ1) is 13.2. The second kappa shape index (κ2) is 6.88. The molecule has 1 aliphatic heterocycles. The molecule has 4 nitrogen and oxygen atoms in total. The maximum atomic E-state index is 12.7. The average molecular weight is 387 g/mol. The van der Waals surface area contributed by atoms with Crippen LogP contribution in [-0.2, 0) is 9.59 Å². The van der Waals surface area contributed by atoms with Crippen molar-refractivity contribution < 1.29 is 9.59 Å².